The van der Waals surface area contributed by atoms with E-state index >= 15 is 0 Å². The Morgan fingerprint density at radius 3 is 3.00 bits per heavy atom. The van der Waals surface area contributed by atoms with E-state index in [4.69, 9.17) is 11.6 Å². The first-order chi connectivity index (χ1) is 7.63. The molecule has 2 unspecified atom stereocenters. The predicted octanol–water partition coefficient (Wildman–Crippen LogP) is 3.54. The number of nitriles is 1. The fourth-order valence-corrected chi connectivity index (χ4v) is 3.34. The van der Waals surface area contributed by atoms with Crippen LogP contribution < -0.4 is 5.32 Å². The number of hydrogen-bond acceptors (Lipinski definition) is 3. The van der Waals surface area contributed by atoms with Crippen LogP contribution in [-0.2, 0) is 0 Å². The molecule has 0 amide bonds. The number of hydrogen-bond donors (Lipinski definition) is 1. The van der Waals surface area contributed by atoms with Crippen LogP contribution in [-0.4, -0.2) is 16.5 Å². The maximum atomic E-state index is 9.31. The molecule has 0 spiro atoms. The van der Waals surface area contributed by atoms with Crippen molar-refractivity contribution in [1.29, 1.82) is 5.26 Å². The molecule has 84 valence electrons. The molecule has 1 aliphatic rings. The van der Waals surface area contributed by atoms with Crippen molar-refractivity contribution in [3.8, 4) is 6.07 Å². The lowest BCUT2D eigenvalue weighted by Gasteiger charge is -2.23. The smallest absolute Gasteiger partial charge is 0.135 e. The van der Waals surface area contributed by atoms with Crippen molar-refractivity contribution in [1.82, 2.24) is 0 Å². The molecular formula is C12H13ClN2S. The highest BCUT2D eigenvalue weighted by molar-refractivity contribution is 8.00. The Morgan fingerprint density at radius 2 is 2.44 bits per heavy atom. The summed E-state index contributed by atoms with van der Waals surface area (Å²) in [6, 6.07) is 9.92. The quantitative estimate of drug-likeness (QED) is 0.875. The van der Waals surface area contributed by atoms with Crippen molar-refractivity contribution in [2.45, 2.75) is 24.1 Å². The molecule has 16 heavy (non-hydrogen) atoms. The molecule has 0 saturated carbocycles. The third-order valence-electron chi connectivity index (χ3n) is 2.67. The zero-order valence-corrected chi connectivity index (χ0v) is 10.6. The van der Waals surface area contributed by atoms with Gasteiger partial charge < -0.3 is 5.32 Å². The molecule has 1 N–H and O–H groups in total. The molecule has 1 aromatic rings. The van der Waals surface area contributed by atoms with Gasteiger partial charge in [-0.15, -0.1) is 0 Å². The molecule has 2 atom stereocenters. The average Bonchev–Trinajstić information content (AvgIpc) is 2.61. The maximum absolute atomic E-state index is 9.31. The van der Waals surface area contributed by atoms with Gasteiger partial charge in [-0.05, 0) is 24.6 Å². The molecule has 0 aromatic heterocycles. The van der Waals surface area contributed by atoms with Crippen LogP contribution in [0, 0.1) is 11.3 Å². The van der Waals surface area contributed by atoms with Crippen LogP contribution in [0.5, 0.6) is 0 Å². The summed E-state index contributed by atoms with van der Waals surface area (Å²) in [5.74, 6) is 0.831. The number of nitrogens with one attached hydrogen (secondary N) is 1. The van der Waals surface area contributed by atoms with Crippen LogP contribution in [0.2, 0.25) is 5.02 Å². The van der Waals surface area contributed by atoms with E-state index in [1.165, 1.54) is 0 Å². The standard InChI is InChI=1S/C12H13ClN2S/c1-9-6-12(7-14,8-16-9)15-11-4-2-3-10(13)5-11/h2-5,9,15H,6,8H2,1H3. The minimum Gasteiger partial charge on any atom is -0.367 e. The van der Waals surface area contributed by atoms with Crippen LogP contribution in [0.15, 0.2) is 24.3 Å². The van der Waals surface area contributed by atoms with E-state index in [1.807, 2.05) is 36.0 Å². The first-order valence-electron chi connectivity index (χ1n) is 5.20. The van der Waals surface area contributed by atoms with Crippen molar-refractivity contribution in [3.05, 3.63) is 29.3 Å². The Kier molecular flexibility index (Phi) is 3.32. The molecule has 1 heterocycles. The lowest BCUT2D eigenvalue weighted by molar-refractivity contribution is 0.626. The highest BCUT2D eigenvalue weighted by Gasteiger charge is 2.38. The van der Waals surface area contributed by atoms with Gasteiger partial charge in [-0.1, -0.05) is 24.6 Å². The molecule has 0 aliphatic carbocycles. The first-order valence-corrected chi connectivity index (χ1v) is 6.63. The number of nitrogens with zero attached hydrogens (tertiary/aromatic N) is 1. The number of rotatable bonds is 2. The zero-order chi connectivity index (χ0) is 11.6. The van der Waals surface area contributed by atoms with Crippen molar-refractivity contribution in [3.63, 3.8) is 0 Å². The molecule has 1 aliphatic heterocycles. The molecule has 0 radical (unpaired) electrons. The number of benzene rings is 1. The lowest BCUT2D eigenvalue weighted by atomic mass is 9.98. The average molecular weight is 253 g/mol. The van der Waals surface area contributed by atoms with Crippen LogP contribution in [0.4, 0.5) is 5.69 Å². The SMILES string of the molecule is CC1CC(C#N)(Nc2cccc(Cl)c2)CS1. The highest BCUT2D eigenvalue weighted by atomic mass is 35.5. The van der Waals surface area contributed by atoms with Gasteiger partial charge in [0.2, 0.25) is 0 Å². The fraction of sp³-hybridized carbons (Fsp3) is 0.417. The van der Waals surface area contributed by atoms with E-state index in [1.54, 1.807) is 0 Å². The Morgan fingerprint density at radius 1 is 1.62 bits per heavy atom. The van der Waals surface area contributed by atoms with E-state index < -0.39 is 5.54 Å². The van der Waals surface area contributed by atoms with Gasteiger partial charge in [0.05, 0.1) is 6.07 Å². The second-order valence-corrected chi connectivity index (χ2v) is 6.02. The van der Waals surface area contributed by atoms with Gasteiger partial charge >= 0.3 is 0 Å². The van der Waals surface area contributed by atoms with Crippen LogP contribution in [0.25, 0.3) is 0 Å². The van der Waals surface area contributed by atoms with Crippen molar-refractivity contribution in [2.24, 2.45) is 0 Å². The molecule has 0 bridgehead atoms. The zero-order valence-electron chi connectivity index (χ0n) is 9.03. The molecule has 2 nitrogen and oxygen atoms in total. The maximum Gasteiger partial charge on any atom is 0.135 e. The van der Waals surface area contributed by atoms with Gasteiger partial charge in [-0.2, -0.15) is 17.0 Å². The summed E-state index contributed by atoms with van der Waals surface area (Å²) in [6.07, 6.45) is 0.876. The van der Waals surface area contributed by atoms with Crippen molar-refractivity contribution >= 4 is 29.1 Å². The summed E-state index contributed by atoms with van der Waals surface area (Å²) in [4.78, 5) is 0. The second-order valence-electron chi connectivity index (χ2n) is 4.16. The highest BCUT2D eigenvalue weighted by Crippen LogP contribution is 2.36. The molecule has 2 rings (SSSR count). The van der Waals surface area contributed by atoms with Gasteiger partial charge in [0.25, 0.3) is 0 Å². The third kappa shape index (κ3) is 2.45. The van der Waals surface area contributed by atoms with Crippen LogP contribution >= 0.6 is 23.4 Å². The lowest BCUT2D eigenvalue weighted by Crippen LogP contribution is -2.36. The molecular weight excluding hydrogens is 240 g/mol. The van der Waals surface area contributed by atoms with Crippen molar-refractivity contribution in [2.75, 3.05) is 11.1 Å². The van der Waals surface area contributed by atoms with E-state index in [-0.39, 0.29) is 0 Å². The summed E-state index contributed by atoms with van der Waals surface area (Å²) in [7, 11) is 0. The summed E-state index contributed by atoms with van der Waals surface area (Å²) < 4.78 is 0. The van der Waals surface area contributed by atoms with Crippen LogP contribution in [0.3, 0.4) is 0 Å². The van der Waals surface area contributed by atoms with Gasteiger partial charge in [-0.3, -0.25) is 0 Å². The van der Waals surface area contributed by atoms with E-state index in [0.29, 0.717) is 10.3 Å². The largest absolute Gasteiger partial charge is 0.367 e. The fourth-order valence-electron chi connectivity index (χ4n) is 1.93. The third-order valence-corrected chi connectivity index (χ3v) is 4.30. The molecule has 4 heteroatoms. The van der Waals surface area contributed by atoms with Gasteiger partial charge in [0.15, 0.2) is 0 Å². The van der Waals surface area contributed by atoms with Gasteiger partial charge in [0, 0.05) is 21.7 Å². The topological polar surface area (TPSA) is 35.8 Å². The molecule has 1 fully saturated rings. The summed E-state index contributed by atoms with van der Waals surface area (Å²) in [5, 5.41) is 13.8. The van der Waals surface area contributed by atoms with E-state index in [2.05, 4.69) is 18.3 Å². The Hall–Kier alpha value is -0.850. The van der Waals surface area contributed by atoms with Crippen molar-refractivity contribution < 1.29 is 0 Å². The number of thioether (sulfide) groups is 1. The monoisotopic (exact) mass is 252 g/mol. The van der Waals surface area contributed by atoms with Gasteiger partial charge in [-0.25, -0.2) is 0 Å². The minimum atomic E-state index is -0.436. The first kappa shape index (κ1) is 11.6. The van der Waals surface area contributed by atoms with Crippen LogP contribution in [0.1, 0.15) is 13.3 Å². The molecule has 1 aromatic carbocycles. The Labute approximate surface area is 105 Å². The Bertz CT molecular complexity index is 429. The minimum absolute atomic E-state index is 0.436. The predicted molar refractivity (Wildman–Crippen MR) is 70.0 cm³/mol. The number of halogens is 1. The molecule has 1 saturated heterocycles. The van der Waals surface area contributed by atoms with Gasteiger partial charge in [0.1, 0.15) is 5.54 Å². The summed E-state index contributed by atoms with van der Waals surface area (Å²) in [5.41, 5.74) is 0.484. The summed E-state index contributed by atoms with van der Waals surface area (Å²) >= 11 is 7.75. The van der Waals surface area contributed by atoms with E-state index in [0.717, 1.165) is 17.9 Å². The Balaban J connectivity index is 2.17. The summed E-state index contributed by atoms with van der Waals surface area (Å²) in [6.45, 7) is 2.16. The number of anilines is 1. The second kappa shape index (κ2) is 4.57. The normalized spacial score (nSPS) is 28.7. The van der Waals surface area contributed by atoms with E-state index in [9.17, 15) is 5.26 Å².